The van der Waals surface area contributed by atoms with Gasteiger partial charge in [-0.2, -0.15) is 0 Å². The second kappa shape index (κ2) is 6.46. The monoisotopic (exact) mass is 413 g/mol. The van der Waals surface area contributed by atoms with Crippen LogP contribution in [-0.4, -0.2) is 6.04 Å². The first kappa shape index (κ1) is 15.0. The Hall–Kier alpha value is -0.910. The van der Waals surface area contributed by atoms with E-state index in [2.05, 4.69) is 37.2 Å². The van der Waals surface area contributed by atoms with Gasteiger partial charge in [-0.05, 0) is 59.1 Å². The number of ether oxygens (including phenoxy) is 1. The van der Waals surface area contributed by atoms with Crippen LogP contribution in [0, 0.1) is 5.82 Å². The van der Waals surface area contributed by atoms with Crippen LogP contribution in [0.5, 0.6) is 11.5 Å². The van der Waals surface area contributed by atoms with Gasteiger partial charge in [-0.25, -0.2) is 4.39 Å². The average molecular weight is 415 g/mol. The van der Waals surface area contributed by atoms with E-state index in [9.17, 15) is 4.39 Å². The molecule has 2 aromatic rings. The molecular weight excluding hydrogens is 401 g/mol. The molecule has 1 aliphatic rings. The van der Waals surface area contributed by atoms with Gasteiger partial charge in [0.1, 0.15) is 17.3 Å². The fourth-order valence-corrected chi connectivity index (χ4v) is 2.74. The van der Waals surface area contributed by atoms with E-state index in [1.54, 1.807) is 6.07 Å². The van der Waals surface area contributed by atoms with Gasteiger partial charge >= 0.3 is 0 Å². The Morgan fingerprint density at radius 2 is 1.90 bits per heavy atom. The Balaban J connectivity index is 1.84. The molecule has 2 aromatic carbocycles. The van der Waals surface area contributed by atoms with E-state index in [0.29, 0.717) is 11.8 Å². The van der Waals surface area contributed by atoms with Crippen molar-refractivity contribution in [2.45, 2.75) is 25.4 Å². The van der Waals surface area contributed by atoms with Crippen LogP contribution in [0.25, 0.3) is 0 Å². The van der Waals surface area contributed by atoms with Crippen molar-refractivity contribution in [1.29, 1.82) is 0 Å². The number of nitrogens with one attached hydrogen (secondary N) is 1. The summed E-state index contributed by atoms with van der Waals surface area (Å²) < 4.78 is 21.0. The Labute approximate surface area is 140 Å². The van der Waals surface area contributed by atoms with E-state index >= 15 is 0 Å². The van der Waals surface area contributed by atoms with Crippen LogP contribution in [0.15, 0.2) is 45.3 Å². The summed E-state index contributed by atoms with van der Waals surface area (Å²) >= 11 is 6.86. The maximum Gasteiger partial charge on any atom is 0.144 e. The first-order valence-electron chi connectivity index (χ1n) is 6.76. The minimum atomic E-state index is -0.317. The zero-order chi connectivity index (χ0) is 14.8. The molecule has 0 atom stereocenters. The summed E-state index contributed by atoms with van der Waals surface area (Å²) in [6.07, 6.45) is 2.47. The number of benzene rings is 2. The summed E-state index contributed by atoms with van der Waals surface area (Å²) in [5.74, 6) is 0.894. The lowest BCUT2D eigenvalue weighted by molar-refractivity contribution is 0.464. The molecule has 3 rings (SSSR count). The molecule has 5 heteroatoms. The van der Waals surface area contributed by atoms with E-state index in [0.717, 1.165) is 26.8 Å². The summed E-state index contributed by atoms with van der Waals surface area (Å²) in [5.41, 5.74) is 1.05. The van der Waals surface area contributed by atoms with Crippen molar-refractivity contribution in [2.75, 3.05) is 0 Å². The van der Waals surface area contributed by atoms with Gasteiger partial charge < -0.3 is 10.1 Å². The Kier molecular flexibility index (Phi) is 4.62. The predicted molar refractivity (Wildman–Crippen MR) is 88.2 cm³/mol. The average Bonchev–Trinajstić information content (AvgIpc) is 3.27. The predicted octanol–water partition coefficient (Wildman–Crippen LogP) is 5.40. The molecule has 0 radical (unpaired) electrons. The Bertz CT molecular complexity index is 659. The fraction of sp³-hybridized carbons (Fsp3) is 0.250. The van der Waals surface area contributed by atoms with Crippen LogP contribution in [-0.2, 0) is 6.54 Å². The second-order valence-corrected chi connectivity index (χ2v) is 6.85. The van der Waals surface area contributed by atoms with Crippen molar-refractivity contribution in [3.8, 4) is 11.5 Å². The molecule has 1 fully saturated rings. The lowest BCUT2D eigenvalue weighted by Crippen LogP contribution is -2.15. The van der Waals surface area contributed by atoms with E-state index in [1.165, 1.54) is 25.0 Å². The topological polar surface area (TPSA) is 21.3 Å². The molecule has 1 N–H and O–H groups in total. The lowest BCUT2D eigenvalue weighted by Gasteiger charge is -2.13. The first-order chi connectivity index (χ1) is 10.1. The van der Waals surface area contributed by atoms with Crippen LogP contribution in [0.4, 0.5) is 4.39 Å². The van der Waals surface area contributed by atoms with Crippen molar-refractivity contribution >= 4 is 31.9 Å². The molecule has 0 aliphatic heterocycles. The summed E-state index contributed by atoms with van der Waals surface area (Å²) in [6, 6.07) is 10.9. The third-order valence-electron chi connectivity index (χ3n) is 3.29. The minimum Gasteiger partial charge on any atom is -0.456 e. The van der Waals surface area contributed by atoms with Crippen molar-refractivity contribution in [3.05, 3.63) is 56.7 Å². The van der Waals surface area contributed by atoms with E-state index in [-0.39, 0.29) is 5.82 Å². The largest absolute Gasteiger partial charge is 0.456 e. The molecule has 0 heterocycles. The molecule has 0 spiro atoms. The summed E-state index contributed by atoms with van der Waals surface area (Å²) in [4.78, 5) is 0. The molecule has 2 nitrogen and oxygen atoms in total. The van der Waals surface area contributed by atoms with Crippen LogP contribution in [0.2, 0.25) is 0 Å². The van der Waals surface area contributed by atoms with Gasteiger partial charge in [-0.3, -0.25) is 0 Å². The van der Waals surface area contributed by atoms with Crippen molar-refractivity contribution in [3.63, 3.8) is 0 Å². The number of halogens is 3. The molecular formula is C16H14Br2FNO. The normalized spacial score (nSPS) is 14.2. The van der Waals surface area contributed by atoms with Crippen molar-refractivity contribution in [1.82, 2.24) is 5.32 Å². The highest BCUT2D eigenvalue weighted by Gasteiger charge is 2.21. The first-order valence-corrected chi connectivity index (χ1v) is 8.35. The Morgan fingerprint density at radius 1 is 1.10 bits per heavy atom. The SMILES string of the molecule is Fc1ccc(Br)c(Oc2ccc(Br)cc2CNC2CC2)c1. The maximum atomic E-state index is 13.4. The molecule has 0 bridgehead atoms. The van der Waals surface area contributed by atoms with Crippen LogP contribution in [0.3, 0.4) is 0 Å². The van der Waals surface area contributed by atoms with Crippen molar-refractivity contribution in [2.24, 2.45) is 0 Å². The van der Waals surface area contributed by atoms with Gasteiger partial charge in [0.25, 0.3) is 0 Å². The van der Waals surface area contributed by atoms with Gasteiger partial charge in [0.15, 0.2) is 0 Å². The molecule has 1 saturated carbocycles. The smallest absolute Gasteiger partial charge is 0.144 e. The fourth-order valence-electron chi connectivity index (χ4n) is 2.00. The molecule has 1 aliphatic carbocycles. The third-order valence-corrected chi connectivity index (χ3v) is 4.44. The Morgan fingerprint density at radius 3 is 2.67 bits per heavy atom. The highest BCUT2D eigenvalue weighted by atomic mass is 79.9. The number of rotatable bonds is 5. The zero-order valence-corrected chi connectivity index (χ0v) is 14.4. The quantitative estimate of drug-likeness (QED) is 0.707. The van der Waals surface area contributed by atoms with Gasteiger partial charge in [-0.1, -0.05) is 15.9 Å². The van der Waals surface area contributed by atoms with Gasteiger partial charge in [0.05, 0.1) is 4.47 Å². The minimum absolute atomic E-state index is 0.317. The maximum absolute atomic E-state index is 13.4. The molecule has 0 aromatic heterocycles. The van der Waals surface area contributed by atoms with Gasteiger partial charge in [0, 0.05) is 28.7 Å². The molecule has 110 valence electrons. The molecule has 21 heavy (non-hydrogen) atoms. The van der Waals surface area contributed by atoms with E-state index in [1.807, 2.05) is 18.2 Å². The van der Waals surface area contributed by atoms with Gasteiger partial charge in [-0.15, -0.1) is 0 Å². The highest BCUT2D eigenvalue weighted by Crippen LogP contribution is 2.33. The van der Waals surface area contributed by atoms with E-state index < -0.39 is 0 Å². The highest BCUT2D eigenvalue weighted by molar-refractivity contribution is 9.10. The molecule has 0 amide bonds. The lowest BCUT2D eigenvalue weighted by atomic mass is 10.2. The third kappa shape index (κ3) is 4.05. The van der Waals surface area contributed by atoms with Gasteiger partial charge in [0.2, 0.25) is 0 Å². The van der Waals surface area contributed by atoms with E-state index in [4.69, 9.17) is 4.74 Å². The summed E-state index contributed by atoms with van der Waals surface area (Å²) in [5, 5.41) is 3.47. The van der Waals surface area contributed by atoms with Crippen LogP contribution in [0.1, 0.15) is 18.4 Å². The summed E-state index contributed by atoms with van der Waals surface area (Å²) in [6.45, 7) is 0.742. The number of hydrogen-bond acceptors (Lipinski definition) is 2. The molecule has 0 saturated heterocycles. The van der Waals surface area contributed by atoms with Crippen LogP contribution < -0.4 is 10.1 Å². The summed E-state index contributed by atoms with van der Waals surface area (Å²) in [7, 11) is 0. The van der Waals surface area contributed by atoms with Crippen LogP contribution >= 0.6 is 31.9 Å². The molecule has 0 unspecified atom stereocenters. The second-order valence-electron chi connectivity index (χ2n) is 5.08. The zero-order valence-electron chi connectivity index (χ0n) is 11.2. The standard InChI is InChI=1S/C16H14Br2FNO/c17-11-1-6-15(10(7-11)9-20-13-3-4-13)21-16-8-12(19)2-5-14(16)18/h1-2,5-8,13,20H,3-4,9H2. The number of hydrogen-bond donors (Lipinski definition) is 1. The van der Waals surface area contributed by atoms with Crippen molar-refractivity contribution < 1.29 is 9.13 Å².